The smallest absolute Gasteiger partial charge is 0.333 e. The zero-order valence-electron chi connectivity index (χ0n) is 9.73. The van der Waals surface area contributed by atoms with E-state index in [0.29, 0.717) is 11.3 Å². The maximum atomic E-state index is 11.4. The molecule has 0 radical (unpaired) electrons. The Morgan fingerprint density at radius 3 is 2.69 bits per heavy atom. The molecule has 0 aliphatic rings. The second kappa shape index (κ2) is 4.79. The minimum Gasteiger partial charge on any atom is -0.457 e. The predicted octanol–water partition coefficient (Wildman–Crippen LogP) is 1.72. The molecule has 0 atom stereocenters. The molecule has 16 heavy (non-hydrogen) atoms. The van der Waals surface area contributed by atoms with Crippen molar-refractivity contribution in [3.05, 3.63) is 36.2 Å². The molecule has 86 valence electrons. The van der Waals surface area contributed by atoms with E-state index in [1.165, 1.54) is 6.08 Å². The van der Waals surface area contributed by atoms with Crippen LogP contribution in [-0.4, -0.2) is 16.6 Å². The molecule has 0 aliphatic heterocycles. The number of ether oxygens (including phenoxy) is 1. The van der Waals surface area contributed by atoms with Gasteiger partial charge < -0.3 is 10.5 Å². The Kier molecular flexibility index (Phi) is 3.66. The molecule has 0 amide bonds. The van der Waals surface area contributed by atoms with E-state index in [4.69, 9.17) is 10.5 Å². The van der Waals surface area contributed by atoms with E-state index in [0.717, 1.165) is 0 Å². The van der Waals surface area contributed by atoms with Gasteiger partial charge in [-0.2, -0.15) is 0 Å². The third-order valence-corrected chi connectivity index (χ3v) is 1.68. The largest absolute Gasteiger partial charge is 0.457 e. The first-order valence-corrected chi connectivity index (χ1v) is 4.99. The van der Waals surface area contributed by atoms with E-state index in [-0.39, 0.29) is 0 Å². The molecule has 0 aliphatic carbocycles. The summed E-state index contributed by atoms with van der Waals surface area (Å²) >= 11 is 0. The van der Waals surface area contributed by atoms with Gasteiger partial charge in [0.2, 0.25) is 0 Å². The fourth-order valence-electron chi connectivity index (χ4n) is 1.08. The van der Waals surface area contributed by atoms with Crippen LogP contribution in [0.2, 0.25) is 0 Å². The fraction of sp³-hybridized carbons (Fsp3) is 0.333. The number of esters is 1. The lowest BCUT2D eigenvalue weighted by Gasteiger charge is -2.18. The molecule has 0 fully saturated rings. The number of pyridine rings is 1. The highest BCUT2D eigenvalue weighted by atomic mass is 16.6. The van der Waals surface area contributed by atoms with Gasteiger partial charge in [-0.1, -0.05) is 0 Å². The van der Waals surface area contributed by atoms with Crippen LogP contribution in [0.5, 0.6) is 0 Å². The molecular formula is C12H16N2O2. The van der Waals surface area contributed by atoms with Gasteiger partial charge in [0.1, 0.15) is 5.60 Å². The summed E-state index contributed by atoms with van der Waals surface area (Å²) in [5.74, 6) is -0.450. The zero-order chi connectivity index (χ0) is 12.2. The minimum atomic E-state index is -0.511. The summed E-state index contributed by atoms with van der Waals surface area (Å²) in [5, 5.41) is 0. The number of carbonyl (C=O) groups is 1. The van der Waals surface area contributed by atoms with Gasteiger partial charge in [0, 0.05) is 29.7 Å². The maximum Gasteiger partial charge on any atom is 0.333 e. The molecule has 2 N–H and O–H groups in total. The van der Waals surface area contributed by atoms with E-state index in [2.05, 4.69) is 4.98 Å². The maximum absolute atomic E-state index is 11.4. The van der Waals surface area contributed by atoms with Crippen LogP contribution in [0.25, 0.3) is 5.70 Å². The first-order valence-electron chi connectivity index (χ1n) is 4.99. The fourth-order valence-corrected chi connectivity index (χ4v) is 1.08. The molecule has 0 bridgehead atoms. The number of hydrogen-bond donors (Lipinski definition) is 1. The highest BCUT2D eigenvalue weighted by Crippen LogP contribution is 2.10. The predicted molar refractivity (Wildman–Crippen MR) is 62.2 cm³/mol. The van der Waals surface area contributed by atoms with E-state index in [1.807, 2.05) is 0 Å². The van der Waals surface area contributed by atoms with Gasteiger partial charge in [-0.05, 0) is 32.9 Å². The first kappa shape index (κ1) is 12.2. The van der Waals surface area contributed by atoms with Crippen LogP contribution < -0.4 is 5.73 Å². The van der Waals surface area contributed by atoms with Gasteiger partial charge >= 0.3 is 5.97 Å². The van der Waals surface area contributed by atoms with Gasteiger partial charge in [-0.3, -0.25) is 4.98 Å². The Labute approximate surface area is 95.1 Å². The molecule has 4 nitrogen and oxygen atoms in total. The summed E-state index contributed by atoms with van der Waals surface area (Å²) in [6, 6.07) is 3.54. The van der Waals surface area contributed by atoms with E-state index in [9.17, 15) is 4.79 Å². The quantitative estimate of drug-likeness (QED) is 0.609. The van der Waals surface area contributed by atoms with E-state index in [1.54, 1.807) is 45.3 Å². The molecule has 1 rings (SSSR count). The number of nitrogens with two attached hydrogens (primary N) is 1. The molecule has 0 saturated heterocycles. The van der Waals surface area contributed by atoms with Crippen LogP contribution in [0.3, 0.4) is 0 Å². The van der Waals surface area contributed by atoms with Crippen LogP contribution in [0.4, 0.5) is 0 Å². The summed E-state index contributed by atoms with van der Waals surface area (Å²) in [4.78, 5) is 15.4. The normalized spacial score (nSPS) is 12.3. The Morgan fingerprint density at radius 2 is 2.19 bits per heavy atom. The van der Waals surface area contributed by atoms with Crippen molar-refractivity contribution in [1.29, 1.82) is 0 Å². The SMILES string of the molecule is CC(C)(C)OC(=O)/C=C(\N)c1cccnc1. The Morgan fingerprint density at radius 1 is 1.50 bits per heavy atom. The summed E-state index contributed by atoms with van der Waals surface area (Å²) in [6.07, 6.45) is 4.50. The molecule has 0 unspecified atom stereocenters. The summed E-state index contributed by atoms with van der Waals surface area (Å²) < 4.78 is 5.11. The van der Waals surface area contributed by atoms with Crippen LogP contribution in [0.15, 0.2) is 30.6 Å². The van der Waals surface area contributed by atoms with E-state index < -0.39 is 11.6 Å². The van der Waals surface area contributed by atoms with Crippen LogP contribution in [0.1, 0.15) is 26.3 Å². The third-order valence-electron chi connectivity index (χ3n) is 1.68. The lowest BCUT2D eigenvalue weighted by Crippen LogP contribution is -2.23. The molecule has 0 saturated carbocycles. The highest BCUT2D eigenvalue weighted by Gasteiger charge is 2.14. The monoisotopic (exact) mass is 220 g/mol. The number of hydrogen-bond acceptors (Lipinski definition) is 4. The summed E-state index contributed by atoms with van der Waals surface area (Å²) in [7, 11) is 0. The van der Waals surface area contributed by atoms with Crippen molar-refractivity contribution in [3.63, 3.8) is 0 Å². The average Bonchev–Trinajstić information content (AvgIpc) is 2.16. The van der Waals surface area contributed by atoms with Crippen molar-refractivity contribution >= 4 is 11.7 Å². The molecule has 4 heteroatoms. The lowest BCUT2D eigenvalue weighted by atomic mass is 10.2. The number of nitrogens with zero attached hydrogens (tertiary/aromatic N) is 1. The van der Waals surface area contributed by atoms with Gasteiger partial charge in [0.25, 0.3) is 0 Å². The molecule has 1 heterocycles. The highest BCUT2D eigenvalue weighted by molar-refractivity contribution is 5.90. The lowest BCUT2D eigenvalue weighted by molar-refractivity contribution is -0.148. The Bertz CT molecular complexity index is 391. The van der Waals surface area contributed by atoms with Crippen molar-refractivity contribution in [2.24, 2.45) is 5.73 Å². The number of aromatic nitrogens is 1. The van der Waals surface area contributed by atoms with Gasteiger partial charge in [-0.25, -0.2) is 4.79 Å². The van der Waals surface area contributed by atoms with Crippen molar-refractivity contribution in [2.45, 2.75) is 26.4 Å². The van der Waals surface area contributed by atoms with E-state index >= 15 is 0 Å². The molecule has 1 aromatic rings. The second-order valence-corrected chi connectivity index (χ2v) is 4.37. The van der Waals surface area contributed by atoms with Crippen LogP contribution in [0, 0.1) is 0 Å². The van der Waals surface area contributed by atoms with Gasteiger partial charge in [-0.15, -0.1) is 0 Å². The van der Waals surface area contributed by atoms with Crippen molar-refractivity contribution in [1.82, 2.24) is 4.98 Å². The van der Waals surface area contributed by atoms with Gasteiger partial charge in [0.15, 0.2) is 0 Å². The second-order valence-electron chi connectivity index (χ2n) is 4.37. The Hall–Kier alpha value is -1.84. The Balaban J connectivity index is 2.75. The first-order chi connectivity index (χ1) is 7.38. The molecule has 1 aromatic heterocycles. The molecular weight excluding hydrogens is 204 g/mol. The van der Waals surface area contributed by atoms with Crippen LogP contribution in [-0.2, 0) is 9.53 Å². The average molecular weight is 220 g/mol. The number of carbonyl (C=O) groups excluding carboxylic acids is 1. The molecule has 0 spiro atoms. The van der Waals surface area contributed by atoms with Crippen LogP contribution >= 0.6 is 0 Å². The minimum absolute atomic E-state index is 0.349. The topological polar surface area (TPSA) is 65.2 Å². The standard InChI is InChI=1S/C12H16N2O2/c1-12(2,3)16-11(15)7-10(13)9-5-4-6-14-8-9/h4-8H,13H2,1-3H3/b10-7-. The third kappa shape index (κ3) is 4.13. The van der Waals surface area contributed by atoms with Crippen molar-refractivity contribution < 1.29 is 9.53 Å². The zero-order valence-corrected chi connectivity index (χ0v) is 9.73. The van der Waals surface area contributed by atoms with Crippen molar-refractivity contribution in [3.8, 4) is 0 Å². The summed E-state index contributed by atoms with van der Waals surface area (Å²) in [6.45, 7) is 5.41. The molecule has 0 aromatic carbocycles. The number of rotatable bonds is 2. The van der Waals surface area contributed by atoms with Gasteiger partial charge in [0.05, 0.1) is 0 Å². The van der Waals surface area contributed by atoms with Crippen molar-refractivity contribution in [2.75, 3.05) is 0 Å². The summed E-state index contributed by atoms with van der Waals surface area (Å²) in [5.41, 5.74) is 6.28.